The minimum atomic E-state index is -0.140. The Morgan fingerprint density at radius 3 is 2.38 bits per heavy atom. The molecule has 3 saturated heterocycles. The van der Waals surface area contributed by atoms with E-state index in [1.165, 1.54) is 25.7 Å². The molecule has 6 heteroatoms. The molecule has 3 heterocycles. The molecule has 26 heavy (non-hydrogen) atoms. The lowest BCUT2D eigenvalue weighted by molar-refractivity contribution is -0.132. The third-order valence-corrected chi connectivity index (χ3v) is 7.74. The third-order valence-electron chi connectivity index (χ3n) is 7.74. The first-order valence-corrected chi connectivity index (χ1v) is 10.5. The van der Waals surface area contributed by atoms with Gasteiger partial charge in [-0.1, -0.05) is 0 Å². The summed E-state index contributed by atoms with van der Waals surface area (Å²) in [5.74, 6) is 2.03. The highest BCUT2D eigenvalue weighted by molar-refractivity contribution is 5.83. The van der Waals surface area contributed by atoms with Crippen LogP contribution in [-0.4, -0.2) is 78.6 Å². The number of amides is 2. The van der Waals surface area contributed by atoms with Crippen LogP contribution in [0.1, 0.15) is 39.0 Å². The first kappa shape index (κ1) is 16.8. The monoisotopic (exact) mass is 361 g/mol. The molecule has 3 aliphatic heterocycles. The molecular weight excluding hydrogens is 330 g/mol. The van der Waals surface area contributed by atoms with Gasteiger partial charge in [0.15, 0.2) is 0 Å². The zero-order valence-corrected chi connectivity index (χ0v) is 15.9. The van der Waals surface area contributed by atoms with Crippen LogP contribution in [0.4, 0.5) is 4.79 Å². The lowest BCUT2D eigenvalue weighted by Crippen LogP contribution is -2.52. The number of piperidine rings is 1. The minimum absolute atomic E-state index is 0.140. The number of nitrogens with zero attached hydrogens (tertiary/aromatic N) is 3. The van der Waals surface area contributed by atoms with Crippen LogP contribution < -0.4 is 0 Å². The predicted molar refractivity (Wildman–Crippen MR) is 96.5 cm³/mol. The van der Waals surface area contributed by atoms with Crippen LogP contribution in [0, 0.1) is 23.2 Å². The maximum absolute atomic E-state index is 12.6. The van der Waals surface area contributed by atoms with Crippen molar-refractivity contribution in [2.45, 2.75) is 45.1 Å². The number of rotatable bonds is 3. The number of likely N-dealkylation sites (tertiary alicyclic amines) is 3. The zero-order chi connectivity index (χ0) is 17.9. The summed E-state index contributed by atoms with van der Waals surface area (Å²) >= 11 is 0. The quantitative estimate of drug-likeness (QED) is 0.769. The molecule has 0 aromatic carbocycles. The predicted octanol–water partition coefficient (Wildman–Crippen LogP) is 1.80. The Bertz CT molecular complexity index is 585. The van der Waals surface area contributed by atoms with Crippen molar-refractivity contribution in [3.05, 3.63) is 0 Å². The van der Waals surface area contributed by atoms with E-state index in [9.17, 15) is 9.59 Å². The Morgan fingerprint density at radius 2 is 1.73 bits per heavy atom. The lowest BCUT2D eigenvalue weighted by atomic mass is 9.64. The smallest absolute Gasteiger partial charge is 0.409 e. The van der Waals surface area contributed by atoms with E-state index in [2.05, 4.69) is 9.80 Å². The van der Waals surface area contributed by atoms with E-state index in [0.29, 0.717) is 41.7 Å². The van der Waals surface area contributed by atoms with E-state index in [-0.39, 0.29) is 6.09 Å². The molecule has 5 aliphatic rings. The standard InChI is InChI=1S/C20H31N3O3/c1-2-26-19(25)22-8-5-20(13-22)9-14(10-20)23-11-15-16(12-23)17(15)18(24)21-6-3-4-7-21/h14-17H,2-13H2,1H3/t14?,15-,16+,17?,20?. The average Bonchev–Trinajstić information content (AvgIpc) is 3.12. The van der Waals surface area contributed by atoms with Gasteiger partial charge in [0.2, 0.25) is 5.91 Å². The average molecular weight is 361 g/mol. The summed E-state index contributed by atoms with van der Waals surface area (Å²) in [6, 6.07) is 0.674. The van der Waals surface area contributed by atoms with Crippen LogP contribution in [0.25, 0.3) is 0 Å². The highest BCUT2D eigenvalue weighted by Crippen LogP contribution is 2.57. The van der Waals surface area contributed by atoms with Crippen molar-refractivity contribution in [1.29, 1.82) is 0 Å². The Kier molecular flexibility index (Phi) is 3.96. The van der Waals surface area contributed by atoms with Gasteiger partial charge in [-0.3, -0.25) is 9.69 Å². The van der Waals surface area contributed by atoms with Gasteiger partial charge in [0, 0.05) is 51.2 Å². The third kappa shape index (κ3) is 2.63. The van der Waals surface area contributed by atoms with Gasteiger partial charge in [0.1, 0.15) is 0 Å². The maximum atomic E-state index is 12.6. The fraction of sp³-hybridized carbons (Fsp3) is 0.900. The second-order valence-corrected chi connectivity index (χ2v) is 9.27. The van der Waals surface area contributed by atoms with Gasteiger partial charge in [-0.05, 0) is 56.3 Å². The summed E-state index contributed by atoms with van der Waals surface area (Å²) in [5.41, 5.74) is 0.342. The molecule has 1 spiro atoms. The molecular formula is C20H31N3O3. The highest BCUT2D eigenvalue weighted by Gasteiger charge is 2.62. The molecule has 5 rings (SSSR count). The molecule has 0 aromatic rings. The first-order valence-electron chi connectivity index (χ1n) is 10.5. The molecule has 2 amide bonds. The van der Waals surface area contributed by atoms with Crippen molar-refractivity contribution in [2.75, 3.05) is 45.9 Å². The van der Waals surface area contributed by atoms with Gasteiger partial charge < -0.3 is 14.5 Å². The van der Waals surface area contributed by atoms with E-state index in [1.807, 2.05) is 11.8 Å². The summed E-state index contributed by atoms with van der Waals surface area (Å²) in [5, 5.41) is 0. The van der Waals surface area contributed by atoms with E-state index in [4.69, 9.17) is 4.74 Å². The van der Waals surface area contributed by atoms with Gasteiger partial charge in [0.05, 0.1) is 6.61 Å². The van der Waals surface area contributed by atoms with Crippen LogP contribution in [0.15, 0.2) is 0 Å². The zero-order valence-electron chi connectivity index (χ0n) is 15.9. The highest BCUT2D eigenvalue weighted by atomic mass is 16.6. The van der Waals surface area contributed by atoms with E-state index < -0.39 is 0 Å². The maximum Gasteiger partial charge on any atom is 0.409 e. The number of carbonyl (C=O) groups excluding carboxylic acids is 2. The van der Waals surface area contributed by atoms with Crippen molar-refractivity contribution >= 4 is 12.0 Å². The lowest BCUT2D eigenvalue weighted by Gasteiger charge is -2.49. The molecule has 0 radical (unpaired) electrons. The fourth-order valence-electron chi connectivity index (χ4n) is 6.21. The molecule has 0 bridgehead atoms. The van der Waals surface area contributed by atoms with Crippen molar-refractivity contribution in [3.63, 3.8) is 0 Å². The summed E-state index contributed by atoms with van der Waals surface area (Å²) in [6.07, 6.45) is 5.79. The summed E-state index contributed by atoms with van der Waals surface area (Å²) < 4.78 is 5.15. The van der Waals surface area contributed by atoms with Crippen LogP contribution in [-0.2, 0) is 9.53 Å². The molecule has 6 nitrogen and oxygen atoms in total. The molecule has 2 aliphatic carbocycles. The van der Waals surface area contributed by atoms with Gasteiger partial charge >= 0.3 is 6.09 Å². The van der Waals surface area contributed by atoms with E-state index in [1.54, 1.807) is 0 Å². The number of fused-ring (bicyclic) bond motifs is 1. The second kappa shape index (κ2) is 6.11. The number of carbonyl (C=O) groups is 2. The topological polar surface area (TPSA) is 53.1 Å². The molecule has 0 aromatic heterocycles. The Morgan fingerprint density at radius 1 is 1.04 bits per heavy atom. The van der Waals surface area contributed by atoms with Gasteiger partial charge in [-0.2, -0.15) is 0 Å². The minimum Gasteiger partial charge on any atom is -0.450 e. The van der Waals surface area contributed by atoms with Crippen LogP contribution >= 0.6 is 0 Å². The van der Waals surface area contributed by atoms with Crippen molar-refractivity contribution < 1.29 is 14.3 Å². The number of hydrogen-bond donors (Lipinski definition) is 0. The molecule has 144 valence electrons. The van der Waals surface area contributed by atoms with Crippen LogP contribution in [0.2, 0.25) is 0 Å². The van der Waals surface area contributed by atoms with Gasteiger partial charge in [0.25, 0.3) is 0 Å². The number of hydrogen-bond acceptors (Lipinski definition) is 4. The van der Waals surface area contributed by atoms with Crippen molar-refractivity contribution in [3.8, 4) is 0 Å². The SMILES string of the molecule is CCOC(=O)N1CCC2(CC(N3C[C@@H]4C(C(=O)N5CCCC5)[C@@H]4C3)C2)C1. The van der Waals surface area contributed by atoms with Gasteiger partial charge in [-0.25, -0.2) is 4.79 Å². The normalized spacial score (nSPS) is 41.4. The largest absolute Gasteiger partial charge is 0.450 e. The van der Waals surface area contributed by atoms with E-state index >= 15 is 0 Å². The Balaban J connectivity index is 1.09. The van der Waals surface area contributed by atoms with Crippen molar-refractivity contribution in [2.24, 2.45) is 23.2 Å². The molecule has 2 saturated carbocycles. The second-order valence-electron chi connectivity index (χ2n) is 9.27. The molecule has 5 fully saturated rings. The van der Waals surface area contributed by atoms with Crippen molar-refractivity contribution in [1.82, 2.24) is 14.7 Å². The molecule has 0 N–H and O–H groups in total. The van der Waals surface area contributed by atoms with Gasteiger partial charge in [-0.15, -0.1) is 0 Å². The Labute approximate surface area is 155 Å². The van der Waals surface area contributed by atoms with E-state index in [0.717, 1.165) is 45.7 Å². The first-order chi connectivity index (χ1) is 12.6. The Hall–Kier alpha value is -1.30. The number of ether oxygens (including phenoxy) is 1. The van der Waals surface area contributed by atoms with Crippen LogP contribution in [0.3, 0.4) is 0 Å². The fourth-order valence-corrected chi connectivity index (χ4v) is 6.21. The summed E-state index contributed by atoms with van der Waals surface area (Å²) in [4.78, 5) is 31.2. The molecule has 1 unspecified atom stereocenters. The molecule has 3 atom stereocenters. The summed E-state index contributed by atoms with van der Waals surface area (Å²) in [7, 11) is 0. The van der Waals surface area contributed by atoms with Crippen LogP contribution in [0.5, 0.6) is 0 Å². The summed E-state index contributed by atoms with van der Waals surface area (Å²) in [6.45, 7) is 8.26.